The average Bonchev–Trinajstić information content (AvgIpc) is 3.55. The third-order valence-corrected chi connectivity index (χ3v) is 10.3. The lowest BCUT2D eigenvalue weighted by molar-refractivity contribution is -0.139. The van der Waals surface area contributed by atoms with Crippen molar-refractivity contribution in [2.75, 3.05) is 16.3 Å². The van der Waals surface area contributed by atoms with Crippen LogP contribution >= 0.6 is 23.2 Å². The first kappa shape index (κ1) is 28.0. The Kier molecular flexibility index (Phi) is 6.41. The number of esters is 1. The molecule has 2 aliphatic heterocycles. The zero-order valence-corrected chi connectivity index (χ0v) is 25.6. The first-order valence-electron chi connectivity index (χ1n) is 14.9. The van der Waals surface area contributed by atoms with Crippen LogP contribution in [0.15, 0.2) is 84.9 Å². The Labute approximate surface area is 269 Å². The second-order valence-electron chi connectivity index (χ2n) is 12.1. The minimum atomic E-state index is -0.698. The van der Waals surface area contributed by atoms with Gasteiger partial charge in [0.1, 0.15) is 5.75 Å². The Morgan fingerprint density at radius 3 is 1.89 bits per heavy atom. The predicted molar refractivity (Wildman–Crippen MR) is 170 cm³/mol. The first-order valence-corrected chi connectivity index (χ1v) is 15.6. The van der Waals surface area contributed by atoms with E-state index in [4.69, 9.17) is 27.9 Å². The summed E-state index contributed by atoms with van der Waals surface area (Å²) in [5.74, 6) is -3.00. The van der Waals surface area contributed by atoms with Gasteiger partial charge in [-0.3, -0.25) is 19.2 Å². The summed E-state index contributed by atoms with van der Waals surface area (Å²) in [6, 6.07) is 26.0. The molecule has 3 amide bonds. The van der Waals surface area contributed by atoms with Crippen LogP contribution in [0.2, 0.25) is 10.0 Å². The topological polar surface area (TPSA) is 84.0 Å². The van der Waals surface area contributed by atoms with Crippen molar-refractivity contribution in [1.29, 1.82) is 0 Å². The van der Waals surface area contributed by atoms with Crippen LogP contribution in [0.4, 0.5) is 11.4 Å². The largest absolute Gasteiger partial charge is 0.426 e. The maximum absolute atomic E-state index is 14.1. The van der Waals surface area contributed by atoms with Gasteiger partial charge in [-0.2, -0.15) is 0 Å². The molecule has 0 unspecified atom stereocenters. The molecule has 224 valence electrons. The van der Waals surface area contributed by atoms with Crippen molar-refractivity contribution in [2.24, 2.45) is 17.8 Å². The minimum Gasteiger partial charge on any atom is -0.426 e. The number of nitrogens with zero attached hydrogens (tertiary/aromatic N) is 2. The zero-order valence-electron chi connectivity index (χ0n) is 24.1. The Morgan fingerprint density at radius 1 is 0.756 bits per heavy atom. The highest BCUT2D eigenvalue weighted by Gasteiger charge is 2.61. The predicted octanol–water partition coefficient (Wildman–Crippen LogP) is 6.66. The van der Waals surface area contributed by atoms with Crippen LogP contribution < -0.4 is 14.5 Å². The highest BCUT2D eigenvalue weighted by molar-refractivity contribution is 6.36. The highest BCUT2D eigenvalue weighted by Crippen LogP contribution is 2.61. The number of carbonyl (C=O) groups excluding carboxylic acids is 4. The van der Waals surface area contributed by atoms with E-state index in [1.807, 2.05) is 24.3 Å². The molecule has 4 aromatic rings. The smallest absolute Gasteiger partial charge is 0.316 e. The maximum atomic E-state index is 14.1. The SMILES string of the molecule is Cc1cc(OC(=O)[C@@H]2CC(=O)N(c3cc(Cl)ccc3Cl)C2)ccc1N1C(=O)[C@@H]2C3c4ccccc4C(c4ccccc43)[C@@H]2C1=O. The molecule has 0 spiro atoms. The van der Waals surface area contributed by atoms with Crippen LogP contribution in [-0.2, 0) is 19.2 Å². The Balaban J connectivity index is 1.04. The summed E-state index contributed by atoms with van der Waals surface area (Å²) in [4.78, 5) is 56.9. The molecule has 4 aromatic carbocycles. The number of amides is 3. The lowest BCUT2D eigenvalue weighted by Crippen LogP contribution is -2.41. The molecule has 3 aliphatic carbocycles. The van der Waals surface area contributed by atoms with Gasteiger partial charge in [0.05, 0.1) is 34.2 Å². The van der Waals surface area contributed by atoms with E-state index in [0.29, 0.717) is 27.0 Å². The fourth-order valence-corrected chi connectivity index (χ4v) is 8.23. The van der Waals surface area contributed by atoms with Crippen LogP contribution in [0.3, 0.4) is 0 Å². The van der Waals surface area contributed by atoms with E-state index < -0.39 is 23.7 Å². The molecule has 0 radical (unpaired) electrons. The Hall–Kier alpha value is -4.46. The molecule has 2 heterocycles. The zero-order chi connectivity index (χ0) is 31.1. The van der Waals surface area contributed by atoms with E-state index in [9.17, 15) is 19.2 Å². The maximum Gasteiger partial charge on any atom is 0.316 e. The van der Waals surface area contributed by atoms with Gasteiger partial charge in [-0.25, -0.2) is 4.90 Å². The molecule has 0 N–H and O–H groups in total. The molecular formula is C36H26Cl2N2O5. The third-order valence-electron chi connectivity index (χ3n) is 9.73. The van der Waals surface area contributed by atoms with Crippen LogP contribution in [-0.4, -0.2) is 30.2 Å². The molecule has 7 nitrogen and oxygen atoms in total. The second kappa shape index (κ2) is 10.3. The van der Waals surface area contributed by atoms with Gasteiger partial charge in [0.15, 0.2) is 0 Å². The van der Waals surface area contributed by atoms with Crippen molar-refractivity contribution in [2.45, 2.75) is 25.2 Å². The van der Waals surface area contributed by atoms with Gasteiger partial charge in [0.2, 0.25) is 17.7 Å². The van der Waals surface area contributed by atoms with E-state index in [1.165, 1.54) is 9.80 Å². The highest BCUT2D eigenvalue weighted by atomic mass is 35.5. The molecule has 5 aliphatic rings. The number of carbonyl (C=O) groups is 4. The Bertz CT molecular complexity index is 1860. The number of benzene rings is 4. The summed E-state index contributed by atoms with van der Waals surface area (Å²) >= 11 is 12.4. The molecule has 0 saturated carbocycles. The van der Waals surface area contributed by atoms with E-state index in [2.05, 4.69) is 24.3 Å². The second-order valence-corrected chi connectivity index (χ2v) is 13.0. The molecule has 9 rings (SSSR count). The van der Waals surface area contributed by atoms with Crippen molar-refractivity contribution < 1.29 is 23.9 Å². The normalized spacial score (nSPS) is 24.5. The number of hydrogen-bond donors (Lipinski definition) is 0. The quantitative estimate of drug-likeness (QED) is 0.142. The molecule has 3 atom stereocenters. The molecule has 0 aromatic heterocycles. The molecule has 9 heteroatoms. The number of halogens is 2. The van der Waals surface area contributed by atoms with Gasteiger partial charge in [-0.1, -0.05) is 71.7 Å². The van der Waals surface area contributed by atoms with Gasteiger partial charge < -0.3 is 9.64 Å². The van der Waals surface area contributed by atoms with E-state index in [1.54, 1.807) is 43.3 Å². The fourth-order valence-electron chi connectivity index (χ4n) is 7.85. The lowest BCUT2D eigenvalue weighted by atomic mass is 9.55. The van der Waals surface area contributed by atoms with Gasteiger partial charge >= 0.3 is 5.97 Å². The van der Waals surface area contributed by atoms with Crippen molar-refractivity contribution in [3.8, 4) is 5.75 Å². The van der Waals surface area contributed by atoms with Gasteiger partial charge in [0.25, 0.3) is 0 Å². The van der Waals surface area contributed by atoms with Crippen LogP contribution in [0.5, 0.6) is 5.75 Å². The van der Waals surface area contributed by atoms with Crippen LogP contribution in [0.25, 0.3) is 0 Å². The summed E-state index contributed by atoms with van der Waals surface area (Å²) in [6.07, 6.45) is -0.0224. The lowest BCUT2D eigenvalue weighted by Gasteiger charge is -2.45. The molecule has 45 heavy (non-hydrogen) atoms. The van der Waals surface area contributed by atoms with Crippen molar-refractivity contribution >= 4 is 58.3 Å². The van der Waals surface area contributed by atoms with Crippen molar-refractivity contribution in [1.82, 2.24) is 0 Å². The van der Waals surface area contributed by atoms with E-state index >= 15 is 0 Å². The third kappa shape index (κ3) is 4.17. The molecule has 2 bridgehead atoms. The molecular weight excluding hydrogens is 611 g/mol. The van der Waals surface area contributed by atoms with Crippen LogP contribution in [0.1, 0.15) is 46.1 Å². The summed E-state index contributed by atoms with van der Waals surface area (Å²) in [5.41, 5.74) is 6.02. The van der Waals surface area contributed by atoms with E-state index in [-0.39, 0.29) is 48.3 Å². The summed E-state index contributed by atoms with van der Waals surface area (Å²) < 4.78 is 5.70. The van der Waals surface area contributed by atoms with E-state index in [0.717, 1.165) is 22.3 Å². The number of hydrogen-bond acceptors (Lipinski definition) is 5. The van der Waals surface area contributed by atoms with Crippen molar-refractivity contribution in [3.05, 3.63) is 123 Å². The van der Waals surface area contributed by atoms with Crippen molar-refractivity contribution in [3.63, 3.8) is 0 Å². The van der Waals surface area contributed by atoms with Gasteiger partial charge in [-0.15, -0.1) is 0 Å². The fraction of sp³-hybridized carbons (Fsp3) is 0.222. The monoisotopic (exact) mass is 636 g/mol. The number of aryl methyl sites for hydroxylation is 1. The number of anilines is 2. The average molecular weight is 638 g/mol. The number of imide groups is 1. The van der Waals surface area contributed by atoms with Gasteiger partial charge in [-0.05, 0) is 71.1 Å². The van der Waals surface area contributed by atoms with Crippen LogP contribution in [0, 0.1) is 24.7 Å². The summed E-state index contributed by atoms with van der Waals surface area (Å²) in [5, 5.41) is 0.791. The first-order chi connectivity index (χ1) is 21.7. The van der Waals surface area contributed by atoms with Gasteiger partial charge in [0, 0.05) is 29.8 Å². The summed E-state index contributed by atoms with van der Waals surface area (Å²) in [6.45, 7) is 1.90. The number of ether oxygens (including phenoxy) is 1. The minimum absolute atomic E-state index is 0.0224. The summed E-state index contributed by atoms with van der Waals surface area (Å²) in [7, 11) is 0. The molecule has 2 saturated heterocycles. The molecule has 2 fully saturated rings. The Morgan fingerprint density at radius 2 is 1.33 bits per heavy atom. The standard InChI is InChI=1S/C36H26Cl2N2O5/c1-18-14-21(45-36(44)19-15-29(41)39(17-19)28-16-20(37)10-12-26(28)38)11-13-27(18)40-34(42)32-30-22-6-2-3-7-23(22)31(33(32)35(40)43)25-9-5-4-8-24(25)30/h2-14,16,19,30-33H,15,17H2,1H3/t19-,30?,31?,32-,33+/m1/s1. The number of rotatable bonds is 4.